The predicted molar refractivity (Wildman–Crippen MR) is 74.5 cm³/mol. The van der Waals surface area contributed by atoms with Crippen molar-refractivity contribution >= 4 is 16.8 Å². The zero-order valence-corrected chi connectivity index (χ0v) is 11.0. The van der Waals surface area contributed by atoms with Crippen LogP contribution in [0.5, 0.6) is 0 Å². The molecule has 1 amide bonds. The number of rotatable bonds is 3. The molecule has 2 N–H and O–H groups in total. The van der Waals surface area contributed by atoms with Gasteiger partial charge in [-0.3, -0.25) is 4.79 Å². The highest BCUT2D eigenvalue weighted by Crippen LogP contribution is 2.17. The summed E-state index contributed by atoms with van der Waals surface area (Å²) in [5, 5.41) is 13.8. The lowest BCUT2D eigenvalue weighted by atomic mass is 10.0. The molecule has 1 aliphatic rings. The summed E-state index contributed by atoms with van der Waals surface area (Å²) in [4.78, 5) is 16.4. The minimum Gasteiger partial charge on any atom is -0.386 e. The molecule has 0 aliphatic carbocycles. The van der Waals surface area contributed by atoms with Gasteiger partial charge < -0.3 is 15.2 Å². The normalized spacial score (nSPS) is 22.1. The van der Waals surface area contributed by atoms with Crippen LogP contribution in [0.4, 0.5) is 0 Å². The average Bonchev–Trinajstić information content (AvgIpc) is 2.91. The van der Waals surface area contributed by atoms with Gasteiger partial charge in [-0.05, 0) is 12.1 Å². The molecule has 0 radical (unpaired) electrons. The van der Waals surface area contributed by atoms with E-state index in [1.807, 2.05) is 30.3 Å². The standard InChI is InChI=1S/C15H16N2O3/c18-14(16-9-15(19)7-8-20-10-15)13-6-5-11-3-1-2-4-12(11)17-13/h1-6,19H,7-10H2,(H,16,18)/t15-/m1/s1. The van der Waals surface area contributed by atoms with E-state index in [1.54, 1.807) is 6.07 Å². The predicted octanol–water partition coefficient (Wildman–Crippen LogP) is 1.12. The van der Waals surface area contributed by atoms with Gasteiger partial charge in [0.15, 0.2) is 0 Å². The Hall–Kier alpha value is -1.98. The van der Waals surface area contributed by atoms with E-state index in [4.69, 9.17) is 4.74 Å². The number of nitrogens with zero attached hydrogens (tertiary/aromatic N) is 1. The van der Waals surface area contributed by atoms with Gasteiger partial charge in [-0.25, -0.2) is 4.98 Å². The number of hydrogen-bond acceptors (Lipinski definition) is 4. The molecule has 2 aromatic rings. The molecule has 1 atom stereocenters. The first kappa shape index (κ1) is 13.0. The van der Waals surface area contributed by atoms with Crippen molar-refractivity contribution in [2.24, 2.45) is 0 Å². The van der Waals surface area contributed by atoms with Gasteiger partial charge in [-0.15, -0.1) is 0 Å². The summed E-state index contributed by atoms with van der Waals surface area (Å²) in [5.74, 6) is -0.281. The zero-order valence-electron chi connectivity index (χ0n) is 11.0. The first-order chi connectivity index (χ1) is 9.66. The minimum absolute atomic E-state index is 0.181. The second-order valence-electron chi connectivity index (χ2n) is 5.10. The number of hydrogen-bond donors (Lipinski definition) is 2. The topological polar surface area (TPSA) is 71.5 Å². The van der Waals surface area contributed by atoms with Crippen molar-refractivity contribution in [1.29, 1.82) is 0 Å². The van der Waals surface area contributed by atoms with Crippen LogP contribution in [0, 0.1) is 0 Å². The molecule has 104 valence electrons. The summed E-state index contributed by atoms with van der Waals surface area (Å²) in [6, 6.07) is 11.2. The molecule has 2 heterocycles. The Labute approximate surface area is 116 Å². The van der Waals surface area contributed by atoms with Gasteiger partial charge in [0.25, 0.3) is 5.91 Å². The summed E-state index contributed by atoms with van der Waals surface area (Å²) in [5.41, 5.74) is 0.182. The first-order valence-corrected chi connectivity index (χ1v) is 6.60. The van der Waals surface area contributed by atoms with Crippen LogP contribution in [0.1, 0.15) is 16.9 Å². The van der Waals surface area contributed by atoms with Gasteiger partial charge in [0.05, 0.1) is 12.1 Å². The highest BCUT2D eigenvalue weighted by Gasteiger charge is 2.32. The van der Waals surface area contributed by atoms with Crippen molar-refractivity contribution < 1.29 is 14.6 Å². The fourth-order valence-corrected chi connectivity index (χ4v) is 2.26. The second kappa shape index (κ2) is 5.19. The third-order valence-electron chi connectivity index (χ3n) is 3.49. The summed E-state index contributed by atoms with van der Waals surface area (Å²) in [6.07, 6.45) is 0.540. The number of benzene rings is 1. The van der Waals surface area contributed by atoms with Crippen LogP contribution in [-0.4, -0.2) is 41.4 Å². The zero-order chi connectivity index (χ0) is 14.0. The van der Waals surface area contributed by atoms with Crippen molar-refractivity contribution in [2.75, 3.05) is 19.8 Å². The van der Waals surface area contributed by atoms with Crippen LogP contribution < -0.4 is 5.32 Å². The number of pyridine rings is 1. The summed E-state index contributed by atoms with van der Waals surface area (Å²) >= 11 is 0. The average molecular weight is 272 g/mol. The molecule has 1 aromatic heterocycles. The van der Waals surface area contributed by atoms with Gasteiger partial charge in [0.2, 0.25) is 0 Å². The summed E-state index contributed by atoms with van der Waals surface area (Å²) in [6.45, 7) is 0.972. The first-order valence-electron chi connectivity index (χ1n) is 6.60. The Morgan fingerprint density at radius 2 is 2.20 bits per heavy atom. The number of ether oxygens (including phenoxy) is 1. The van der Waals surface area contributed by atoms with Gasteiger partial charge in [-0.2, -0.15) is 0 Å². The number of amides is 1. The number of carbonyl (C=O) groups excluding carboxylic acids is 1. The van der Waals surface area contributed by atoms with Crippen LogP contribution in [0.2, 0.25) is 0 Å². The van der Waals surface area contributed by atoms with E-state index in [0.717, 1.165) is 10.9 Å². The van der Waals surface area contributed by atoms with Crippen LogP contribution >= 0.6 is 0 Å². The number of nitrogens with one attached hydrogen (secondary N) is 1. The molecule has 0 saturated carbocycles. The summed E-state index contributed by atoms with van der Waals surface area (Å²) < 4.78 is 5.14. The van der Waals surface area contributed by atoms with E-state index in [-0.39, 0.29) is 19.1 Å². The molecule has 0 spiro atoms. The monoisotopic (exact) mass is 272 g/mol. The molecular formula is C15H16N2O3. The number of aromatic nitrogens is 1. The maximum Gasteiger partial charge on any atom is 0.270 e. The highest BCUT2D eigenvalue weighted by atomic mass is 16.5. The summed E-state index contributed by atoms with van der Waals surface area (Å²) in [7, 11) is 0. The lowest BCUT2D eigenvalue weighted by Gasteiger charge is -2.20. The van der Waals surface area contributed by atoms with Gasteiger partial charge >= 0.3 is 0 Å². The third kappa shape index (κ3) is 2.64. The van der Waals surface area contributed by atoms with Gasteiger partial charge in [-0.1, -0.05) is 24.3 Å². The molecular weight excluding hydrogens is 256 g/mol. The Bertz CT molecular complexity index is 636. The van der Waals surface area contributed by atoms with E-state index in [0.29, 0.717) is 18.7 Å². The van der Waals surface area contributed by atoms with E-state index >= 15 is 0 Å². The quantitative estimate of drug-likeness (QED) is 0.878. The Balaban J connectivity index is 1.72. The molecule has 1 aromatic carbocycles. The Morgan fingerprint density at radius 1 is 1.35 bits per heavy atom. The molecule has 0 bridgehead atoms. The molecule has 1 saturated heterocycles. The molecule has 20 heavy (non-hydrogen) atoms. The Morgan fingerprint density at radius 3 is 3.00 bits per heavy atom. The number of para-hydroxylation sites is 1. The molecule has 3 rings (SSSR count). The third-order valence-corrected chi connectivity index (χ3v) is 3.49. The van der Waals surface area contributed by atoms with E-state index in [1.165, 1.54) is 0 Å². The van der Waals surface area contributed by atoms with Crippen LogP contribution in [0.3, 0.4) is 0 Å². The molecule has 0 unspecified atom stereocenters. The van der Waals surface area contributed by atoms with Crippen molar-refractivity contribution in [3.05, 3.63) is 42.1 Å². The number of fused-ring (bicyclic) bond motifs is 1. The fourth-order valence-electron chi connectivity index (χ4n) is 2.26. The van der Waals surface area contributed by atoms with Crippen LogP contribution in [0.15, 0.2) is 36.4 Å². The molecule has 5 heteroatoms. The maximum atomic E-state index is 12.1. The van der Waals surface area contributed by atoms with Crippen molar-refractivity contribution in [3.8, 4) is 0 Å². The molecule has 1 fully saturated rings. The van der Waals surface area contributed by atoms with Crippen molar-refractivity contribution in [2.45, 2.75) is 12.0 Å². The SMILES string of the molecule is O=C(NC[C@]1(O)CCOC1)c1ccc2ccccc2n1. The number of carbonyl (C=O) groups is 1. The van der Waals surface area contributed by atoms with Crippen molar-refractivity contribution in [3.63, 3.8) is 0 Å². The Kier molecular flexibility index (Phi) is 3.38. The van der Waals surface area contributed by atoms with Crippen molar-refractivity contribution in [1.82, 2.24) is 10.3 Å². The van der Waals surface area contributed by atoms with E-state index < -0.39 is 5.60 Å². The minimum atomic E-state index is -0.952. The largest absolute Gasteiger partial charge is 0.386 e. The van der Waals surface area contributed by atoms with E-state index in [9.17, 15) is 9.90 Å². The van der Waals surface area contributed by atoms with Gasteiger partial charge in [0.1, 0.15) is 11.3 Å². The van der Waals surface area contributed by atoms with E-state index in [2.05, 4.69) is 10.3 Å². The smallest absolute Gasteiger partial charge is 0.270 e. The maximum absolute atomic E-state index is 12.1. The lowest BCUT2D eigenvalue weighted by Crippen LogP contribution is -2.43. The molecule has 5 nitrogen and oxygen atoms in total. The molecule has 1 aliphatic heterocycles. The highest BCUT2D eigenvalue weighted by molar-refractivity contribution is 5.94. The second-order valence-corrected chi connectivity index (χ2v) is 5.10. The van der Waals surface area contributed by atoms with Gasteiger partial charge in [0, 0.05) is 25.0 Å². The fraction of sp³-hybridized carbons (Fsp3) is 0.333. The van der Waals surface area contributed by atoms with Crippen LogP contribution in [0.25, 0.3) is 10.9 Å². The van der Waals surface area contributed by atoms with Crippen LogP contribution in [-0.2, 0) is 4.74 Å². The lowest BCUT2D eigenvalue weighted by molar-refractivity contribution is 0.0264. The number of aliphatic hydroxyl groups is 1.